The fraction of sp³-hybridized carbons (Fsp3) is 0.308. The normalized spacial score (nSPS) is 12.8. The predicted octanol–water partition coefficient (Wildman–Crippen LogP) is 2.05. The zero-order valence-corrected chi connectivity index (χ0v) is 10.6. The molecule has 0 radical (unpaired) electrons. The van der Waals surface area contributed by atoms with Crippen molar-refractivity contribution in [2.45, 2.75) is 26.0 Å². The molecule has 0 saturated heterocycles. The van der Waals surface area contributed by atoms with Crippen molar-refractivity contribution in [1.29, 1.82) is 0 Å². The standard InChI is InChI=1S/C13H16N2OS/c1-9(16)4-6-15-7-5-10-8-11(13(14)17)2-3-12(10)15/h2-3,5,7-9,16H,4,6H2,1H3,(H2,14,17). The van der Waals surface area contributed by atoms with Gasteiger partial charge in [0.25, 0.3) is 0 Å². The molecule has 2 aromatic rings. The van der Waals surface area contributed by atoms with Crippen LogP contribution in [0, 0.1) is 0 Å². The van der Waals surface area contributed by atoms with E-state index >= 15 is 0 Å². The lowest BCUT2D eigenvalue weighted by Gasteiger charge is -2.07. The minimum atomic E-state index is -0.275. The Balaban J connectivity index is 2.31. The van der Waals surface area contributed by atoms with Gasteiger partial charge in [-0.25, -0.2) is 0 Å². The number of hydrogen-bond acceptors (Lipinski definition) is 2. The fourth-order valence-corrected chi connectivity index (χ4v) is 2.00. The number of thiocarbonyl (C=S) groups is 1. The van der Waals surface area contributed by atoms with Crippen LogP contribution in [0.4, 0.5) is 0 Å². The van der Waals surface area contributed by atoms with Crippen LogP contribution in [-0.4, -0.2) is 20.8 Å². The highest BCUT2D eigenvalue weighted by molar-refractivity contribution is 7.80. The van der Waals surface area contributed by atoms with Gasteiger partial charge in [-0.2, -0.15) is 0 Å². The molecule has 0 aliphatic rings. The van der Waals surface area contributed by atoms with E-state index in [-0.39, 0.29) is 6.10 Å². The zero-order valence-electron chi connectivity index (χ0n) is 9.76. The fourth-order valence-electron chi connectivity index (χ4n) is 1.87. The molecule has 1 unspecified atom stereocenters. The van der Waals surface area contributed by atoms with Gasteiger partial charge in [0.05, 0.1) is 6.10 Å². The van der Waals surface area contributed by atoms with Crippen LogP contribution in [-0.2, 0) is 6.54 Å². The molecule has 17 heavy (non-hydrogen) atoms. The van der Waals surface area contributed by atoms with E-state index in [0.717, 1.165) is 29.4 Å². The van der Waals surface area contributed by atoms with Crippen molar-refractivity contribution >= 4 is 28.1 Å². The van der Waals surface area contributed by atoms with Gasteiger partial charge in [0.15, 0.2) is 0 Å². The molecule has 0 aliphatic carbocycles. The van der Waals surface area contributed by atoms with Crippen LogP contribution in [0.25, 0.3) is 10.9 Å². The molecular formula is C13H16N2OS. The Bertz CT molecular complexity index is 545. The van der Waals surface area contributed by atoms with Crippen LogP contribution in [0.1, 0.15) is 18.9 Å². The highest BCUT2D eigenvalue weighted by Crippen LogP contribution is 2.18. The average molecular weight is 248 g/mol. The molecule has 90 valence electrons. The molecule has 3 N–H and O–H groups in total. The molecule has 0 saturated carbocycles. The summed E-state index contributed by atoms with van der Waals surface area (Å²) < 4.78 is 2.13. The second-order valence-corrected chi connectivity index (χ2v) is 4.72. The topological polar surface area (TPSA) is 51.2 Å². The molecule has 3 nitrogen and oxygen atoms in total. The Labute approximate surface area is 106 Å². The lowest BCUT2D eigenvalue weighted by molar-refractivity contribution is 0.178. The Morgan fingerprint density at radius 1 is 1.47 bits per heavy atom. The molecule has 0 aliphatic heterocycles. The van der Waals surface area contributed by atoms with Crippen molar-refractivity contribution in [3.63, 3.8) is 0 Å². The van der Waals surface area contributed by atoms with E-state index in [1.54, 1.807) is 6.92 Å². The predicted molar refractivity (Wildman–Crippen MR) is 74.1 cm³/mol. The first-order valence-corrected chi connectivity index (χ1v) is 6.05. The molecule has 1 aromatic carbocycles. The lowest BCUT2D eigenvalue weighted by Crippen LogP contribution is -2.09. The molecule has 0 fully saturated rings. The van der Waals surface area contributed by atoms with Crippen molar-refractivity contribution in [2.75, 3.05) is 0 Å². The van der Waals surface area contributed by atoms with Gasteiger partial charge in [-0.3, -0.25) is 0 Å². The van der Waals surface area contributed by atoms with E-state index in [4.69, 9.17) is 18.0 Å². The summed E-state index contributed by atoms with van der Waals surface area (Å²) in [6.07, 6.45) is 2.50. The van der Waals surface area contributed by atoms with Gasteiger partial charge in [-0.05, 0) is 37.6 Å². The maximum atomic E-state index is 9.29. The summed E-state index contributed by atoms with van der Waals surface area (Å²) in [5.41, 5.74) is 7.64. The smallest absolute Gasteiger partial charge is 0.104 e. The van der Waals surface area contributed by atoms with Crippen LogP contribution < -0.4 is 5.73 Å². The number of aryl methyl sites for hydroxylation is 1. The monoisotopic (exact) mass is 248 g/mol. The molecule has 1 heterocycles. The second-order valence-electron chi connectivity index (χ2n) is 4.28. The first kappa shape index (κ1) is 12.1. The van der Waals surface area contributed by atoms with Crippen molar-refractivity contribution in [2.24, 2.45) is 5.73 Å². The molecule has 0 bridgehead atoms. The molecular weight excluding hydrogens is 232 g/mol. The Hall–Kier alpha value is -1.39. The van der Waals surface area contributed by atoms with Crippen molar-refractivity contribution < 1.29 is 5.11 Å². The summed E-state index contributed by atoms with van der Waals surface area (Å²) in [4.78, 5) is 0.420. The van der Waals surface area contributed by atoms with Gasteiger partial charge in [0.1, 0.15) is 4.99 Å². The third-order valence-corrected chi connectivity index (χ3v) is 3.08. The second kappa shape index (κ2) is 4.85. The summed E-state index contributed by atoms with van der Waals surface area (Å²) in [7, 11) is 0. The summed E-state index contributed by atoms with van der Waals surface area (Å²) in [6, 6.07) is 7.99. The molecule has 1 atom stereocenters. The first-order valence-electron chi connectivity index (χ1n) is 5.64. The quantitative estimate of drug-likeness (QED) is 0.814. The minimum Gasteiger partial charge on any atom is -0.393 e. The summed E-state index contributed by atoms with van der Waals surface area (Å²) in [5.74, 6) is 0. The third-order valence-electron chi connectivity index (χ3n) is 2.84. The van der Waals surface area contributed by atoms with E-state index in [9.17, 15) is 5.11 Å². The number of aromatic nitrogens is 1. The maximum absolute atomic E-state index is 9.29. The van der Waals surface area contributed by atoms with Crippen LogP contribution in [0.5, 0.6) is 0 Å². The van der Waals surface area contributed by atoms with Crippen molar-refractivity contribution in [3.05, 3.63) is 36.0 Å². The van der Waals surface area contributed by atoms with Crippen molar-refractivity contribution in [1.82, 2.24) is 4.57 Å². The maximum Gasteiger partial charge on any atom is 0.104 e. The van der Waals surface area contributed by atoms with E-state index in [1.807, 2.05) is 30.5 Å². The third kappa shape index (κ3) is 2.65. The number of aliphatic hydroxyl groups excluding tert-OH is 1. The Morgan fingerprint density at radius 3 is 2.88 bits per heavy atom. The van der Waals surface area contributed by atoms with Gasteiger partial charge in [0.2, 0.25) is 0 Å². The number of rotatable bonds is 4. The van der Waals surface area contributed by atoms with Gasteiger partial charge >= 0.3 is 0 Å². The Morgan fingerprint density at radius 2 is 2.24 bits per heavy atom. The minimum absolute atomic E-state index is 0.275. The lowest BCUT2D eigenvalue weighted by atomic mass is 10.1. The SMILES string of the molecule is CC(O)CCn1ccc2cc(C(N)=S)ccc21. The molecule has 2 rings (SSSR count). The number of benzene rings is 1. The summed E-state index contributed by atoms with van der Waals surface area (Å²) in [5, 5.41) is 10.4. The summed E-state index contributed by atoms with van der Waals surface area (Å²) in [6.45, 7) is 2.62. The zero-order chi connectivity index (χ0) is 12.4. The largest absolute Gasteiger partial charge is 0.393 e. The van der Waals surface area contributed by atoms with E-state index in [2.05, 4.69) is 4.57 Å². The molecule has 0 spiro atoms. The van der Waals surface area contributed by atoms with Gasteiger partial charge in [0, 0.05) is 29.2 Å². The highest BCUT2D eigenvalue weighted by Gasteiger charge is 2.04. The number of aliphatic hydroxyl groups is 1. The highest BCUT2D eigenvalue weighted by atomic mass is 32.1. The van der Waals surface area contributed by atoms with Crippen LogP contribution in [0.15, 0.2) is 30.5 Å². The van der Waals surface area contributed by atoms with E-state index in [1.165, 1.54) is 0 Å². The number of nitrogens with two attached hydrogens (primary N) is 1. The molecule has 0 amide bonds. The van der Waals surface area contributed by atoms with Gasteiger partial charge in [-0.1, -0.05) is 12.2 Å². The average Bonchev–Trinajstić information content (AvgIpc) is 2.68. The number of nitrogens with zero attached hydrogens (tertiary/aromatic N) is 1. The van der Waals surface area contributed by atoms with Gasteiger partial charge < -0.3 is 15.4 Å². The van der Waals surface area contributed by atoms with Crippen LogP contribution >= 0.6 is 12.2 Å². The van der Waals surface area contributed by atoms with Crippen LogP contribution in [0.3, 0.4) is 0 Å². The van der Waals surface area contributed by atoms with Gasteiger partial charge in [-0.15, -0.1) is 0 Å². The number of hydrogen-bond donors (Lipinski definition) is 2. The van der Waals surface area contributed by atoms with Crippen LogP contribution in [0.2, 0.25) is 0 Å². The molecule has 1 aromatic heterocycles. The first-order chi connectivity index (χ1) is 8.08. The molecule has 4 heteroatoms. The van der Waals surface area contributed by atoms with Crippen molar-refractivity contribution in [3.8, 4) is 0 Å². The van der Waals surface area contributed by atoms with E-state index < -0.39 is 0 Å². The summed E-state index contributed by atoms with van der Waals surface area (Å²) >= 11 is 4.96. The Kier molecular flexibility index (Phi) is 3.45. The van der Waals surface area contributed by atoms with E-state index in [0.29, 0.717) is 4.99 Å². The number of fused-ring (bicyclic) bond motifs is 1.